The van der Waals surface area contributed by atoms with Crippen LogP contribution in [0.15, 0.2) is 0 Å². The largest absolute Gasteiger partial charge is 0.342 e. The van der Waals surface area contributed by atoms with Crippen LogP contribution in [-0.4, -0.2) is 48.0 Å². The highest BCUT2D eigenvalue weighted by Gasteiger charge is 2.25. The molecule has 0 bridgehead atoms. The van der Waals surface area contributed by atoms with Gasteiger partial charge in [-0.15, -0.1) is 0 Å². The molecule has 3 nitrogen and oxygen atoms in total. The second kappa shape index (κ2) is 7.39. The van der Waals surface area contributed by atoms with Gasteiger partial charge in [0, 0.05) is 19.1 Å². The summed E-state index contributed by atoms with van der Waals surface area (Å²) in [7, 11) is 0. The van der Waals surface area contributed by atoms with E-state index in [4.69, 9.17) is 0 Å². The van der Waals surface area contributed by atoms with Crippen molar-refractivity contribution in [2.45, 2.75) is 45.1 Å². The van der Waals surface area contributed by atoms with Gasteiger partial charge in [0.2, 0.25) is 5.91 Å². The van der Waals surface area contributed by atoms with Gasteiger partial charge < -0.3 is 10.2 Å². The van der Waals surface area contributed by atoms with Gasteiger partial charge in [-0.25, -0.2) is 0 Å². The van der Waals surface area contributed by atoms with Crippen molar-refractivity contribution in [2.75, 3.05) is 31.1 Å². The second-order valence-corrected chi connectivity index (χ2v) is 6.66. The van der Waals surface area contributed by atoms with Crippen LogP contribution in [0.1, 0.15) is 39.0 Å². The van der Waals surface area contributed by atoms with Crippen LogP contribution in [0.5, 0.6) is 0 Å². The Morgan fingerprint density at radius 2 is 2.00 bits per heavy atom. The molecule has 1 aliphatic carbocycles. The third-order valence-electron chi connectivity index (χ3n) is 3.81. The molecular formula is C14H26N2OS. The van der Waals surface area contributed by atoms with Gasteiger partial charge in [-0.05, 0) is 50.3 Å². The van der Waals surface area contributed by atoms with E-state index in [9.17, 15) is 4.79 Å². The van der Waals surface area contributed by atoms with Crippen molar-refractivity contribution >= 4 is 17.7 Å². The predicted octanol–water partition coefficient (Wildman–Crippen LogP) is 2.12. The fraction of sp³-hybridized carbons (Fsp3) is 0.929. The van der Waals surface area contributed by atoms with Gasteiger partial charge >= 0.3 is 0 Å². The highest BCUT2D eigenvalue weighted by atomic mass is 32.2. The number of nitrogens with zero attached hydrogens (tertiary/aromatic N) is 1. The Bertz CT molecular complexity index is 261. The fourth-order valence-corrected chi connectivity index (χ4v) is 3.17. The maximum atomic E-state index is 11.9. The van der Waals surface area contributed by atoms with Gasteiger partial charge in [-0.3, -0.25) is 4.79 Å². The van der Waals surface area contributed by atoms with Crippen molar-refractivity contribution in [3.05, 3.63) is 0 Å². The Morgan fingerprint density at radius 3 is 2.61 bits per heavy atom. The Balaban J connectivity index is 1.58. The number of likely N-dealkylation sites (tertiary alicyclic amines) is 1. The summed E-state index contributed by atoms with van der Waals surface area (Å²) in [5.74, 6) is 3.07. The van der Waals surface area contributed by atoms with Crippen molar-refractivity contribution in [3.8, 4) is 0 Å². The summed E-state index contributed by atoms with van der Waals surface area (Å²) in [5.41, 5.74) is 0. The number of piperidine rings is 1. The average Bonchev–Trinajstić information content (AvgIpc) is 3.21. The molecule has 18 heavy (non-hydrogen) atoms. The Labute approximate surface area is 115 Å². The smallest absolute Gasteiger partial charge is 0.232 e. The van der Waals surface area contributed by atoms with E-state index < -0.39 is 0 Å². The van der Waals surface area contributed by atoms with Crippen molar-refractivity contribution in [1.29, 1.82) is 0 Å². The van der Waals surface area contributed by atoms with E-state index in [0.29, 0.717) is 17.7 Å². The molecule has 0 atom stereocenters. The minimum Gasteiger partial charge on any atom is -0.342 e. The predicted molar refractivity (Wildman–Crippen MR) is 77.9 cm³/mol. The number of hydrogen-bond donors (Lipinski definition) is 1. The van der Waals surface area contributed by atoms with Crippen molar-refractivity contribution < 1.29 is 4.79 Å². The van der Waals surface area contributed by atoms with E-state index in [-0.39, 0.29) is 0 Å². The van der Waals surface area contributed by atoms with Gasteiger partial charge in [0.25, 0.3) is 0 Å². The summed E-state index contributed by atoms with van der Waals surface area (Å²) in [6, 6.07) is 0.651. The lowest BCUT2D eigenvalue weighted by Gasteiger charge is -2.32. The lowest BCUT2D eigenvalue weighted by Crippen LogP contribution is -2.45. The van der Waals surface area contributed by atoms with Crippen molar-refractivity contribution in [1.82, 2.24) is 10.2 Å². The molecule has 2 rings (SSSR count). The Kier molecular flexibility index (Phi) is 5.83. The quantitative estimate of drug-likeness (QED) is 0.719. The molecule has 1 amide bonds. The van der Waals surface area contributed by atoms with Gasteiger partial charge in [0.1, 0.15) is 0 Å². The summed E-state index contributed by atoms with van der Waals surface area (Å²) in [5, 5.41) is 3.65. The van der Waals surface area contributed by atoms with Crippen molar-refractivity contribution in [2.24, 2.45) is 5.92 Å². The van der Waals surface area contributed by atoms with E-state index in [1.807, 2.05) is 0 Å². The number of carbonyl (C=O) groups excluding carboxylic acids is 1. The van der Waals surface area contributed by atoms with Gasteiger partial charge in [-0.1, -0.05) is 6.92 Å². The van der Waals surface area contributed by atoms with Crippen LogP contribution < -0.4 is 5.32 Å². The molecule has 1 saturated heterocycles. The Hall–Kier alpha value is -0.220. The fourth-order valence-electron chi connectivity index (χ4n) is 2.38. The zero-order valence-electron chi connectivity index (χ0n) is 11.5. The molecule has 0 spiro atoms. The molecular weight excluding hydrogens is 244 g/mol. The highest BCUT2D eigenvalue weighted by Crippen LogP contribution is 2.28. The zero-order valence-corrected chi connectivity index (χ0v) is 12.3. The highest BCUT2D eigenvalue weighted by molar-refractivity contribution is 7.99. The molecule has 1 heterocycles. The van der Waals surface area contributed by atoms with Crippen LogP contribution >= 0.6 is 11.8 Å². The van der Waals surface area contributed by atoms with E-state index in [1.54, 1.807) is 11.8 Å². The minimum absolute atomic E-state index is 0.342. The van der Waals surface area contributed by atoms with Crippen LogP contribution in [0.2, 0.25) is 0 Å². The molecule has 104 valence electrons. The first-order valence-electron chi connectivity index (χ1n) is 7.38. The third-order valence-corrected chi connectivity index (χ3v) is 4.96. The van der Waals surface area contributed by atoms with Crippen LogP contribution in [0.4, 0.5) is 0 Å². The molecule has 4 heteroatoms. The van der Waals surface area contributed by atoms with Crippen LogP contribution in [0.25, 0.3) is 0 Å². The first kappa shape index (κ1) is 14.2. The lowest BCUT2D eigenvalue weighted by atomic mass is 10.0. The molecule has 1 saturated carbocycles. The summed E-state index contributed by atoms with van der Waals surface area (Å²) in [4.78, 5) is 14.0. The van der Waals surface area contributed by atoms with Crippen LogP contribution in [0.3, 0.4) is 0 Å². The number of rotatable bonds is 7. The lowest BCUT2D eigenvalue weighted by molar-refractivity contribution is -0.129. The maximum Gasteiger partial charge on any atom is 0.232 e. The number of amides is 1. The van der Waals surface area contributed by atoms with E-state index in [0.717, 1.165) is 44.0 Å². The van der Waals surface area contributed by atoms with Gasteiger partial charge in [0.15, 0.2) is 0 Å². The third kappa shape index (κ3) is 4.81. The molecule has 2 fully saturated rings. The van der Waals surface area contributed by atoms with Crippen LogP contribution in [-0.2, 0) is 4.79 Å². The molecule has 0 radical (unpaired) electrons. The summed E-state index contributed by atoms with van der Waals surface area (Å²) in [6.07, 6.45) is 6.26. The van der Waals surface area contributed by atoms with Crippen LogP contribution in [0, 0.1) is 5.92 Å². The first-order chi connectivity index (χ1) is 8.79. The second-order valence-electron chi connectivity index (χ2n) is 5.56. The average molecular weight is 270 g/mol. The number of thioether (sulfide) groups is 1. The minimum atomic E-state index is 0.342. The normalized spacial score (nSPS) is 21.3. The Morgan fingerprint density at radius 1 is 1.28 bits per heavy atom. The monoisotopic (exact) mass is 270 g/mol. The molecule has 2 aliphatic rings. The molecule has 1 aliphatic heterocycles. The number of carbonyl (C=O) groups is 1. The molecule has 0 aromatic heterocycles. The summed E-state index contributed by atoms with van der Waals surface area (Å²) >= 11 is 1.77. The summed E-state index contributed by atoms with van der Waals surface area (Å²) < 4.78 is 0. The molecule has 1 N–H and O–H groups in total. The standard InChI is InChI=1S/C14H26N2OS/c1-2-9-18-11-14(17)16-7-5-13(6-8-16)15-10-12-3-4-12/h12-13,15H,2-11H2,1H3. The van der Waals surface area contributed by atoms with Gasteiger partial charge in [-0.2, -0.15) is 11.8 Å². The zero-order chi connectivity index (χ0) is 12.8. The summed E-state index contributed by atoms with van der Waals surface area (Å²) in [6.45, 7) is 5.27. The van der Waals surface area contributed by atoms with Crippen molar-refractivity contribution in [3.63, 3.8) is 0 Å². The molecule has 0 unspecified atom stereocenters. The molecule has 0 aromatic carbocycles. The SMILES string of the molecule is CCCSCC(=O)N1CCC(NCC2CC2)CC1. The number of nitrogens with one attached hydrogen (secondary N) is 1. The first-order valence-corrected chi connectivity index (χ1v) is 8.54. The maximum absolute atomic E-state index is 11.9. The van der Waals surface area contributed by atoms with Gasteiger partial charge in [0.05, 0.1) is 5.75 Å². The number of hydrogen-bond acceptors (Lipinski definition) is 3. The topological polar surface area (TPSA) is 32.3 Å². The van der Waals surface area contributed by atoms with E-state index >= 15 is 0 Å². The van der Waals surface area contributed by atoms with E-state index in [2.05, 4.69) is 17.1 Å². The molecule has 0 aromatic rings. The van der Waals surface area contributed by atoms with E-state index in [1.165, 1.54) is 19.4 Å².